The Morgan fingerprint density at radius 1 is 1.07 bits per heavy atom. The van der Waals surface area contributed by atoms with E-state index in [9.17, 15) is 17.6 Å². The third-order valence-electron chi connectivity index (χ3n) is 4.36. The van der Waals surface area contributed by atoms with Gasteiger partial charge >= 0.3 is 6.36 Å². The summed E-state index contributed by atoms with van der Waals surface area (Å²) in [5.41, 5.74) is 2.88. The third kappa shape index (κ3) is 3.60. The summed E-state index contributed by atoms with van der Waals surface area (Å²) in [6, 6.07) is 12.0. The number of nitrogens with one attached hydrogen (secondary N) is 1. The first-order chi connectivity index (χ1) is 12.9. The second kappa shape index (κ2) is 6.61. The number of fused-ring (bicyclic) bond motifs is 1. The molecule has 1 N–H and O–H groups in total. The van der Waals surface area contributed by atoms with E-state index in [2.05, 4.69) is 15.2 Å². The van der Waals surface area contributed by atoms with Gasteiger partial charge in [0.05, 0.1) is 11.4 Å². The Hall–Kier alpha value is -3.03. The zero-order valence-corrected chi connectivity index (χ0v) is 14.1. The largest absolute Gasteiger partial charge is 0.573 e. The van der Waals surface area contributed by atoms with Gasteiger partial charge in [0.15, 0.2) is 0 Å². The maximum atomic E-state index is 14.0. The minimum absolute atomic E-state index is 0.291. The number of nitrogens with zero attached hydrogens (tertiary/aromatic N) is 2. The maximum absolute atomic E-state index is 14.0. The van der Waals surface area contributed by atoms with Crippen molar-refractivity contribution >= 4 is 5.82 Å². The smallest absolute Gasteiger partial charge is 0.406 e. The average molecular weight is 377 g/mol. The van der Waals surface area contributed by atoms with Crippen LogP contribution in [0.15, 0.2) is 48.5 Å². The lowest BCUT2D eigenvalue weighted by Gasteiger charge is -2.10. The fraction of sp³-hybridized carbons (Fsp3) is 0.211. The van der Waals surface area contributed by atoms with Crippen molar-refractivity contribution in [2.75, 3.05) is 11.9 Å². The fourth-order valence-electron chi connectivity index (χ4n) is 3.19. The van der Waals surface area contributed by atoms with Crippen molar-refractivity contribution in [1.82, 2.24) is 9.78 Å². The summed E-state index contributed by atoms with van der Waals surface area (Å²) in [6.45, 7) is 0.729. The Bertz CT molecular complexity index is 964. The summed E-state index contributed by atoms with van der Waals surface area (Å²) >= 11 is 0. The zero-order valence-electron chi connectivity index (χ0n) is 14.1. The molecule has 2 heterocycles. The number of hydrogen-bond donors (Lipinski definition) is 1. The van der Waals surface area contributed by atoms with Crippen LogP contribution in [-0.2, 0) is 12.8 Å². The molecule has 0 atom stereocenters. The van der Waals surface area contributed by atoms with Crippen molar-refractivity contribution in [2.45, 2.75) is 19.2 Å². The third-order valence-corrected chi connectivity index (χ3v) is 4.36. The number of halogens is 4. The molecule has 1 aliphatic heterocycles. The summed E-state index contributed by atoms with van der Waals surface area (Å²) < 4.78 is 56.4. The molecule has 0 radical (unpaired) electrons. The van der Waals surface area contributed by atoms with Gasteiger partial charge in [-0.05, 0) is 42.3 Å². The summed E-state index contributed by atoms with van der Waals surface area (Å²) in [7, 11) is 0. The van der Waals surface area contributed by atoms with Crippen LogP contribution < -0.4 is 10.1 Å². The van der Waals surface area contributed by atoms with E-state index in [-0.39, 0.29) is 11.6 Å². The number of benzene rings is 2. The second-order valence-corrected chi connectivity index (χ2v) is 6.17. The van der Waals surface area contributed by atoms with Gasteiger partial charge in [0.2, 0.25) is 0 Å². The van der Waals surface area contributed by atoms with Gasteiger partial charge in [-0.1, -0.05) is 18.2 Å². The lowest BCUT2D eigenvalue weighted by molar-refractivity contribution is -0.274. The molecule has 2 aromatic carbocycles. The highest BCUT2D eigenvalue weighted by Crippen LogP contribution is 2.31. The molecule has 1 aliphatic rings. The van der Waals surface area contributed by atoms with Crippen molar-refractivity contribution < 1.29 is 22.3 Å². The Balaban J connectivity index is 1.65. The van der Waals surface area contributed by atoms with E-state index in [1.165, 1.54) is 30.3 Å². The number of aromatic nitrogens is 2. The number of rotatable bonds is 4. The number of hydrogen-bond acceptors (Lipinski definition) is 3. The topological polar surface area (TPSA) is 39.1 Å². The molecule has 27 heavy (non-hydrogen) atoms. The van der Waals surface area contributed by atoms with Crippen LogP contribution in [0.4, 0.5) is 23.4 Å². The SMILES string of the molecule is Fc1ccccc1Cc1nn(-c2ccc(OC(F)(F)F)cc2)c2c1CCN2. The van der Waals surface area contributed by atoms with Crippen LogP contribution in [0.5, 0.6) is 5.75 Å². The van der Waals surface area contributed by atoms with Crippen LogP contribution in [0, 0.1) is 5.82 Å². The van der Waals surface area contributed by atoms with Crippen LogP contribution in [0.25, 0.3) is 5.69 Å². The standard InChI is InChI=1S/C19H15F4N3O/c20-16-4-2-1-3-12(16)11-17-15-9-10-24-18(15)26(25-17)13-5-7-14(8-6-13)27-19(21,22)23/h1-8,24H,9-11H2. The van der Waals surface area contributed by atoms with Gasteiger partial charge in [-0.25, -0.2) is 9.07 Å². The van der Waals surface area contributed by atoms with Gasteiger partial charge in [-0.2, -0.15) is 5.10 Å². The normalized spacial score (nSPS) is 13.3. The molecule has 0 fully saturated rings. The number of alkyl halides is 3. The maximum Gasteiger partial charge on any atom is 0.573 e. The first-order valence-corrected chi connectivity index (χ1v) is 8.35. The molecule has 0 aliphatic carbocycles. The van der Waals surface area contributed by atoms with Gasteiger partial charge in [0.25, 0.3) is 0 Å². The number of anilines is 1. The van der Waals surface area contributed by atoms with Crippen LogP contribution >= 0.6 is 0 Å². The van der Waals surface area contributed by atoms with Crippen LogP contribution in [0.1, 0.15) is 16.8 Å². The summed E-state index contributed by atoms with van der Waals surface area (Å²) in [4.78, 5) is 0. The van der Waals surface area contributed by atoms with E-state index in [1.807, 2.05) is 0 Å². The van der Waals surface area contributed by atoms with Gasteiger partial charge in [0.1, 0.15) is 17.4 Å². The monoisotopic (exact) mass is 377 g/mol. The minimum Gasteiger partial charge on any atom is -0.406 e. The van der Waals surface area contributed by atoms with E-state index in [0.29, 0.717) is 17.7 Å². The van der Waals surface area contributed by atoms with E-state index < -0.39 is 6.36 Å². The highest BCUT2D eigenvalue weighted by Gasteiger charge is 2.31. The first kappa shape index (κ1) is 17.4. The van der Waals surface area contributed by atoms with Gasteiger partial charge in [0, 0.05) is 18.5 Å². The predicted molar refractivity (Wildman–Crippen MR) is 91.6 cm³/mol. The van der Waals surface area contributed by atoms with E-state index in [0.717, 1.165) is 30.0 Å². The van der Waals surface area contributed by atoms with Gasteiger partial charge < -0.3 is 10.1 Å². The molecular weight excluding hydrogens is 362 g/mol. The van der Waals surface area contributed by atoms with Crippen LogP contribution in [0.2, 0.25) is 0 Å². The van der Waals surface area contributed by atoms with E-state index in [4.69, 9.17) is 0 Å². The lowest BCUT2D eigenvalue weighted by Crippen LogP contribution is -2.17. The molecule has 4 nitrogen and oxygen atoms in total. The summed E-state index contributed by atoms with van der Waals surface area (Å²) in [5, 5.41) is 7.80. The lowest BCUT2D eigenvalue weighted by atomic mass is 10.1. The Morgan fingerprint density at radius 2 is 1.81 bits per heavy atom. The Labute approximate surface area is 152 Å². The molecule has 0 saturated heterocycles. The molecule has 0 amide bonds. The van der Waals surface area contributed by atoms with E-state index >= 15 is 0 Å². The van der Waals surface area contributed by atoms with Crippen molar-refractivity contribution in [1.29, 1.82) is 0 Å². The summed E-state index contributed by atoms with van der Waals surface area (Å²) in [6.07, 6.45) is -3.63. The molecule has 4 rings (SSSR count). The average Bonchev–Trinajstić information content (AvgIpc) is 3.20. The van der Waals surface area contributed by atoms with Crippen LogP contribution in [-0.4, -0.2) is 22.7 Å². The molecule has 8 heteroatoms. The van der Waals surface area contributed by atoms with Crippen molar-refractivity contribution in [2.24, 2.45) is 0 Å². The second-order valence-electron chi connectivity index (χ2n) is 6.17. The quantitative estimate of drug-likeness (QED) is 0.682. The molecule has 3 aromatic rings. The van der Waals surface area contributed by atoms with Gasteiger partial charge in [-0.3, -0.25) is 0 Å². The molecule has 0 saturated carbocycles. The van der Waals surface area contributed by atoms with Crippen molar-refractivity contribution in [3.63, 3.8) is 0 Å². The fourth-order valence-corrected chi connectivity index (χ4v) is 3.19. The molecule has 0 unspecified atom stereocenters. The zero-order chi connectivity index (χ0) is 19.0. The minimum atomic E-state index is -4.73. The molecular formula is C19H15F4N3O. The van der Waals surface area contributed by atoms with Crippen molar-refractivity contribution in [3.05, 3.63) is 71.2 Å². The van der Waals surface area contributed by atoms with Crippen LogP contribution in [0.3, 0.4) is 0 Å². The number of ether oxygens (including phenoxy) is 1. The molecule has 0 bridgehead atoms. The Kier molecular flexibility index (Phi) is 4.25. The van der Waals surface area contributed by atoms with E-state index in [1.54, 1.807) is 22.9 Å². The molecule has 1 aromatic heterocycles. The molecule has 140 valence electrons. The highest BCUT2D eigenvalue weighted by molar-refractivity contribution is 5.58. The Morgan fingerprint density at radius 3 is 2.52 bits per heavy atom. The predicted octanol–water partition coefficient (Wildman–Crippen LogP) is 4.47. The molecule has 0 spiro atoms. The van der Waals surface area contributed by atoms with Gasteiger partial charge in [-0.15, -0.1) is 13.2 Å². The highest BCUT2D eigenvalue weighted by atomic mass is 19.4. The van der Waals surface area contributed by atoms with Crippen molar-refractivity contribution in [3.8, 4) is 11.4 Å². The summed E-state index contributed by atoms with van der Waals surface area (Å²) in [5.74, 6) is 0.195. The first-order valence-electron chi connectivity index (χ1n) is 8.35.